The fraction of sp³-hybridized carbons (Fsp3) is 0.600. The van der Waals surface area contributed by atoms with Gasteiger partial charge in [-0.2, -0.15) is 0 Å². The van der Waals surface area contributed by atoms with Crippen molar-refractivity contribution in [1.29, 1.82) is 0 Å². The topological polar surface area (TPSA) is 45.4 Å². The summed E-state index contributed by atoms with van der Waals surface area (Å²) in [6.45, 7) is 2.88. The summed E-state index contributed by atoms with van der Waals surface area (Å²) in [7, 11) is 0. The second kappa shape index (κ2) is 3.52. The van der Waals surface area contributed by atoms with E-state index >= 15 is 0 Å². The van der Waals surface area contributed by atoms with Crippen molar-refractivity contribution in [2.24, 2.45) is 0 Å². The van der Waals surface area contributed by atoms with E-state index in [0.29, 0.717) is 0 Å². The van der Waals surface area contributed by atoms with Gasteiger partial charge in [-0.1, -0.05) is 0 Å². The highest BCUT2D eigenvalue weighted by atomic mass is 16.3. The molecular weight excluding hydrogens is 166 g/mol. The van der Waals surface area contributed by atoms with E-state index < -0.39 is 0 Å². The second-order valence-electron chi connectivity index (χ2n) is 3.59. The van der Waals surface area contributed by atoms with Crippen LogP contribution in [0, 0.1) is 6.92 Å². The molecule has 0 amide bonds. The highest BCUT2D eigenvalue weighted by Crippen LogP contribution is 2.24. The van der Waals surface area contributed by atoms with Crippen LogP contribution in [0.2, 0.25) is 0 Å². The van der Waals surface area contributed by atoms with Crippen LogP contribution >= 0.6 is 0 Å². The molecule has 13 heavy (non-hydrogen) atoms. The molecule has 0 radical (unpaired) electrons. The summed E-state index contributed by atoms with van der Waals surface area (Å²) in [5, 5.41) is 13.0. The van der Waals surface area contributed by atoms with Crippen molar-refractivity contribution in [2.75, 3.05) is 6.54 Å². The van der Waals surface area contributed by atoms with Crippen LogP contribution in [-0.2, 0) is 0 Å². The van der Waals surface area contributed by atoms with Crippen LogP contribution < -0.4 is 5.32 Å². The predicted octanol–water partition coefficient (Wildman–Crippen LogP) is 1.37. The third-order valence-electron chi connectivity index (χ3n) is 2.49. The number of piperidine rings is 1. The van der Waals surface area contributed by atoms with Crippen molar-refractivity contribution in [3.8, 4) is 0 Å². The van der Waals surface area contributed by atoms with Crippen LogP contribution in [0.1, 0.15) is 30.4 Å². The van der Waals surface area contributed by atoms with Crippen molar-refractivity contribution in [3.63, 3.8) is 0 Å². The molecule has 3 heteroatoms. The number of aryl methyl sites for hydroxylation is 1. The summed E-state index contributed by atoms with van der Waals surface area (Å²) in [6, 6.07) is 3.85. The Morgan fingerprint density at radius 2 is 2.38 bits per heavy atom. The average molecular weight is 181 g/mol. The highest BCUT2D eigenvalue weighted by Gasteiger charge is 2.26. The Kier molecular flexibility index (Phi) is 2.38. The molecule has 1 aromatic heterocycles. The molecule has 0 bridgehead atoms. The van der Waals surface area contributed by atoms with Gasteiger partial charge < -0.3 is 14.8 Å². The van der Waals surface area contributed by atoms with E-state index in [4.69, 9.17) is 4.42 Å². The Hall–Kier alpha value is -0.800. The van der Waals surface area contributed by atoms with Crippen molar-refractivity contribution < 1.29 is 9.52 Å². The molecular formula is C10H15NO2. The summed E-state index contributed by atoms with van der Waals surface area (Å²) in [5.74, 6) is 1.75. The number of aliphatic hydroxyl groups excluding tert-OH is 1. The minimum atomic E-state index is -0.306. The van der Waals surface area contributed by atoms with E-state index in [1.54, 1.807) is 0 Å². The Balaban J connectivity index is 2.14. The minimum Gasteiger partial charge on any atom is -0.465 e. The van der Waals surface area contributed by atoms with Crippen LogP contribution in [0.4, 0.5) is 0 Å². The number of hydrogen-bond acceptors (Lipinski definition) is 3. The van der Waals surface area contributed by atoms with Crippen molar-refractivity contribution in [2.45, 2.75) is 31.9 Å². The van der Waals surface area contributed by atoms with Gasteiger partial charge in [-0.25, -0.2) is 0 Å². The average Bonchev–Trinajstić information content (AvgIpc) is 2.53. The van der Waals surface area contributed by atoms with Gasteiger partial charge in [0.15, 0.2) is 0 Å². The summed E-state index contributed by atoms with van der Waals surface area (Å²) in [4.78, 5) is 0. The van der Waals surface area contributed by atoms with Gasteiger partial charge in [0.1, 0.15) is 11.5 Å². The Labute approximate surface area is 77.8 Å². The molecule has 2 heterocycles. The maximum absolute atomic E-state index is 9.71. The maximum atomic E-state index is 9.71. The summed E-state index contributed by atoms with van der Waals surface area (Å²) in [5.41, 5.74) is 0. The molecule has 0 saturated carbocycles. The van der Waals surface area contributed by atoms with Gasteiger partial charge in [0.25, 0.3) is 0 Å². The molecule has 1 aliphatic rings. The van der Waals surface area contributed by atoms with Crippen LogP contribution in [0.3, 0.4) is 0 Å². The standard InChI is InChI=1S/C10H15NO2/c1-7-4-5-9(13-7)10-8(12)3-2-6-11-10/h4-5,8,10-12H,2-3,6H2,1H3/t8-,10+/m0/s1. The zero-order chi connectivity index (χ0) is 9.26. The summed E-state index contributed by atoms with van der Waals surface area (Å²) in [6.07, 6.45) is 1.59. The van der Waals surface area contributed by atoms with E-state index in [2.05, 4.69) is 5.32 Å². The van der Waals surface area contributed by atoms with E-state index in [9.17, 15) is 5.11 Å². The van der Waals surface area contributed by atoms with E-state index in [0.717, 1.165) is 30.9 Å². The van der Waals surface area contributed by atoms with E-state index in [1.807, 2.05) is 19.1 Å². The Bertz CT molecular complexity index is 282. The van der Waals surface area contributed by atoms with E-state index in [-0.39, 0.29) is 12.1 Å². The largest absolute Gasteiger partial charge is 0.465 e. The highest BCUT2D eigenvalue weighted by molar-refractivity contribution is 5.11. The molecule has 1 fully saturated rings. The first-order chi connectivity index (χ1) is 6.27. The van der Waals surface area contributed by atoms with Crippen molar-refractivity contribution in [3.05, 3.63) is 23.7 Å². The van der Waals surface area contributed by atoms with Gasteiger partial charge in [-0.15, -0.1) is 0 Å². The Morgan fingerprint density at radius 3 is 3.00 bits per heavy atom. The Morgan fingerprint density at radius 1 is 1.54 bits per heavy atom. The molecule has 0 aliphatic carbocycles. The third-order valence-corrected chi connectivity index (χ3v) is 2.49. The number of furan rings is 1. The molecule has 3 nitrogen and oxygen atoms in total. The number of rotatable bonds is 1. The lowest BCUT2D eigenvalue weighted by Crippen LogP contribution is -2.37. The van der Waals surface area contributed by atoms with Crippen molar-refractivity contribution in [1.82, 2.24) is 5.32 Å². The monoisotopic (exact) mass is 181 g/mol. The van der Waals surface area contributed by atoms with Gasteiger partial charge in [0.2, 0.25) is 0 Å². The molecule has 0 aromatic carbocycles. The van der Waals surface area contributed by atoms with E-state index in [1.165, 1.54) is 0 Å². The fourth-order valence-electron chi connectivity index (χ4n) is 1.78. The summed E-state index contributed by atoms with van der Waals surface area (Å²) < 4.78 is 5.47. The number of hydrogen-bond donors (Lipinski definition) is 2. The smallest absolute Gasteiger partial charge is 0.123 e. The lowest BCUT2D eigenvalue weighted by Gasteiger charge is -2.27. The number of nitrogens with one attached hydrogen (secondary N) is 1. The maximum Gasteiger partial charge on any atom is 0.123 e. The lowest BCUT2D eigenvalue weighted by atomic mass is 10.00. The van der Waals surface area contributed by atoms with Crippen LogP contribution in [0.15, 0.2) is 16.5 Å². The third kappa shape index (κ3) is 1.76. The minimum absolute atomic E-state index is 0.0116. The second-order valence-corrected chi connectivity index (χ2v) is 3.59. The fourth-order valence-corrected chi connectivity index (χ4v) is 1.78. The molecule has 2 N–H and O–H groups in total. The molecule has 1 aromatic rings. The number of aliphatic hydroxyl groups is 1. The molecule has 0 unspecified atom stereocenters. The SMILES string of the molecule is Cc1ccc([C@@H]2NCCC[C@@H]2O)o1. The summed E-state index contributed by atoms with van der Waals surface area (Å²) >= 11 is 0. The van der Waals surface area contributed by atoms with Crippen LogP contribution in [0.25, 0.3) is 0 Å². The van der Waals surface area contributed by atoms with Crippen LogP contribution in [0.5, 0.6) is 0 Å². The molecule has 72 valence electrons. The van der Waals surface area contributed by atoms with Gasteiger partial charge in [-0.3, -0.25) is 0 Å². The first kappa shape index (κ1) is 8.78. The van der Waals surface area contributed by atoms with Gasteiger partial charge in [0, 0.05) is 0 Å². The molecule has 1 aliphatic heterocycles. The zero-order valence-electron chi connectivity index (χ0n) is 7.79. The first-order valence-electron chi connectivity index (χ1n) is 4.75. The quantitative estimate of drug-likeness (QED) is 0.688. The molecule has 0 spiro atoms. The first-order valence-corrected chi connectivity index (χ1v) is 4.75. The molecule has 1 saturated heterocycles. The van der Waals surface area contributed by atoms with Gasteiger partial charge in [0.05, 0.1) is 12.1 Å². The lowest BCUT2D eigenvalue weighted by molar-refractivity contribution is 0.0861. The molecule has 2 atom stereocenters. The van der Waals surface area contributed by atoms with Gasteiger partial charge >= 0.3 is 0 Å². The molecule has 2 rings (SSSR count). The predicted molar refractivity (Wildman–Crippen MR) is 49.4 cm³/mol. The van der Waals surface area contributed by atoms with Gasteiger partial charge in [-0.05, 0) is 38.4 Å². The van der Waals surface area contributed by atoms with Crippen LogP contribution in [-0.4, -0.2) is 17.8 Å². The zero-order valence-corrected chi connectivity index (χ0v) is 7.79. The van der Waals surface area contributed by atoms with Crippen molar-refractivity contribution >= 4 is 0 Å². The normalized spacial score (nSPS) is 29.1.